The summed E-state index contributed by atoms with van der Waals surface area (Å²) >= 11 is 0. The van der Waals surface area contributed by atoms with Crippen LogP contribution in [0.25, 0.3) is 5.57 Å². The van der Waals surface area contributed by atoms with Crippen molar-refractivity contribution in [3.63, 3.8) is 0 Å². The Labute approximate surface area is 85.4 Å². The van der Waals surface area contributed by atoms with Crippen molar-refractivity contribution in [3.05, 3.63) is 42.0 Å². The maximum Gasteiger partial charge on any atom is 0.0737 e. The Morgan fingerprint density at radius 1 is 1.14 bits per heavy atom. The first kappa shape index (κ1) is 9.47. The molecule has 1 nitrogen and oxygen atoms in total. The average Bonchev–Trinajstić information content (AvgIpc) is 2.18. The smallest absolute Gasteiger partial charge is 0.0737 e. The highest BCUT2D eigenvalue weighted by Gasteiger charge is 2.16. The van der Waals surface area contributed by atoms with E-state index in [1.54, 1.807) is 0 Å². The van der Waals surface area contributed by atoms with Crippen LogP contribution in [0.3, 0.4) is 0 Å². The molecule has 1 heterocycles. The third kappa shape index (κ3) is 2.05. The number of ether oxygens (including phenoxy) is 1. The zero-order chi connectivity index (χ0) is 9.97. The van der Waals surface area contributed by atoms with Gasteiger partial charge in [0, 0.05) is 0 Å². The van der Waals surface area contributed by atoms with Gasteiger partial charge in [0.25, 0.3) is 0 Å². The second-order valence-electron chi connectivity index (χ2n) is 3.91. The van der Waals surface area contributed by atoms with Gasteiger partial charge in [-0.3, -0.25) is 0 Å². The Morgan fingerprint density at radius 3 is 2.50 bits per heavy atom. The highest BCUT2D eigenvalue weighted by atomic mass is 16.5. The molecular weight excluding hydrogens is 172 g/mol. The van der Waals surface area contributed by atoms with Crippen LogP contribution in [-0.4, -0.2) is 12.2 Å². The molecule has 1 aromatic rings. The van der Waals surface area contributed by atoms with Gasteiger partial charge in [0.15, 0.2) is 0 Å². The van der Waals surface area contributed by atoms with Crippen LogP contribution in [0.5, 0.6) is 0 Å². The fourth-order valence-corrected chi connectivity index (χ4v) is 1.98. The van der Waals surface area contributed by atoms with E-state index in [0.717, 1.165) is 6.42 Å². The summed E-state index contributed by atoms with van der Waals surface area (Å²) in [7, 11) is 0. The van der Waals surface area contributed by atoms with E-state index in [-0.39, 0.29) is 6.10 Å². The minimum Gasteiger partial charge on any atom is -0.371 e. The van der Waals surface area contributed by atoms with E-state index in [0.29, 0.717) is 6.10 Å². The molecular formula is C13H16O. The third-order valence-electron chi connectivity index (χ3n) is 2.53. The van der Waals surface area contributed by atoms with Crippen LogP contribution >= 0.6 is 0 Å². The molecule has 0 fully saturated rings. The topological polar surface area (TPSA) is 9.23 Å². The standard InChI is InChI=1S/C13H16O/c1-10-8-13(9-11(2)14-10)12-6-4-3-5-7-12/h3-8,10-11H,9H2,1-2H3/t10-,11-/m1/s1. The number of hydrogen-bond donors (Lipinski definition) is 0. The van der Waals surface area contributed by atoms with Crippen LogP contribution in [-0.2, 0) is 4.74 Å². The van der Waals surface area contributed by atoms with Gasteiger partial charge < -0.3 is 4.74 Å². The summed E-state index contributed by atoms with van der Waals surface area (Å²) in [6.07, 6.45) is 3.82. The van der Waals surface area contributed by atoms with Crippen molar-refractivity contribution in [1.82, 2.24) is 0 Å². The van der Waals surface area contributed by atoms with Crippen molar-refractivity contribution in [2.75, 3.05) is 0 Å². The SMILES string of the molecule is C[C@@H]1C=C(c2ccccc2)C[C@@H](C)O1. The molecule has 1 aliphatic heterocycles. The number of hydrogen-bond acceptors (Lipinski definition) is 1. The van der Waals surface area contributed by atoms with E-state index in [4.69, 9.17) is 4.74 Å². The van der Waals surface area contributed by atoms with Crippen molar-refractivity contribution in [2.45, 2.75) is 32.5 Å². The maximum absolute atomic E-state index is 5.66. The first-order chi connectivity index (χ1) is 6.75. The Morgan fingerprint density at radius 2 is 1.86 bits per heavy atom. The molecule has 1 aromatic carbocycles. The monoisotopic (exact) mass is 188 g/mol. The van der Waals surface area contributed by atoms with Gasteiger partial charge in [-0.05, 0) is 31.4 Å². The summed E-state index contributed by atoms with van der Waals surface area (Å²) in [6.45, 7) is 4.23. The van der Waals surface area contributed by atoms with E-state index in [1.807, 2.05) is 0 Å². The van der Waals surface area contributed by atoms with Crippen LogP contribution in [0.2, 0.25) is 0 Å². The number of rotatable bonds is 1. The van der Waals surface area contributed by atoms with Gasteiger partial charge in [-0.1, -0.05) is 36.4 Å². The minimum absolute atomic E-state index is 0.244. The molecule has 2 atom stereocenters. The summed E-state index contributed by atoms with van der Waals surface area (Å²) in [4.78, 5) is 0. The molecule has 0 saturated heterocycles. The fourth-order valence-electron chi connectivity index (χ4n) is 1.98. The molecule has 0 unspecified atom stereocenters. The van der Waals surface area contributed by atoms with E-state index in [1.165, 1.54) is 11.1 Å². The highest BCUT2D eigenvalue weighted by Crippen LogP contribution is 2.26. The van der Waals surface area contributed by atoms with Gasteiger partial charge in [0.2, 0.25) is 0 Å². The lowest BCUT2D eigenvalue weighted by Crippen LogP contribution is -2.20. The quantitative estimate of drug-likeness (QED) is 0.657. The highest BCUT2D eigenvalue weighted by molar-refractivity contribution is 5.66. The first-order valence-electron chi connectivity index (χ1n) is 5.17. The lowest BCUT2D eigenvalue weighted by atomic mass is 9.96. The molecule has 0 aromatic heterocycles. The van der Waals surface area contributed by atoms with Crippen LogP contribution in [0, 0.1) is 0 Å². The molecule has 0 radical (unpaired) electrons. The summed E-state index contributed by atoms with van der Waals surface area (Å²) in [5.74, 6) is 0. The molecule has 1 aliphatic rings. The molecule has 0 amide bonds. The second kappa shape index (κ2) is 3.97. The summed E-state index contributed by atoms with van der Waals surface area (Å²) in [5, 5.41) is 0. The summed E-state index contributed by atoms with van der Waals surface area (Å²) in [5.41, 5.74) is 2.74. The number of benzene rings is 1. The van der Waals surface area contributed by atoms with Crippen molar-refractivity contribution in [1.29, 1.82) is 0 Å². The van der Waals surface area contributed by atoms with Gasteiger partial charge in [-0.2, -0.15) is 0 Å². The van der Waals surface area contributed by atoms with Crippen molar-refractivity contribution < 1.29 is 4.74 Å². The minimum atomic E-state index is 0.244. The molecule has 2 rings (SSSR count). The van der Waals surface area contributed by atoms with Crippen LogP contribution in [0.4, 0.5) is 0 Å². The van der Waals surface area contributed by atoms with Crippen LogP contribution in [0.1, 0.15) is 25.8 Å². The molecule has 14 heavy (non-hydrogen) atoms. The lowest BCUT2D eigenvalue weighted by molar-refractivity contribution is 0.0304. The Balaban J connectivity index is 2.26. The van der Waals surface area contributed by atoms with Crippen LogP contribution in [0.15, 0.2) is 36.4 Å². The third-order valence-corrected chi connectivity index (χ3v) is 2.53. The van der Waals surface area contributed by atoms with E-state index in [2.05, 4.69) is 50.3 Å². The molecule has 0 N–H and O–H groups in total. The predicted octanol–water partition coefficient (Wildman–Crippen LogP) is 3.27. The van der Waals surface area contributed by atoms with Gasteiger partial charge >= 0.3 is 0 Å². The second-order valence-corrected chi connectivity index (χ2v) is 3.91. The normalized spacial score (nSPS) is 27.1. The van der Waals surface area contributed by atoms with E-state index >= 15 is 0 Å². The lowest BCUT2D eigenvalue weighted by Gasteiger charge is -2.25. The first-order valence-corrected chi connectivity index (χ1v) is 5.17. The van der Waals surface area contributed by atoms with Gasteiger partial charge in [0.1, 0.15) is 0 Å². The van der Waals surface area contributed by atoms with Gasteiger partial charge in [-0.15, -0.1) is 0 Å². The maximum atomic E-state index is 5.66. The molecule has 1 heteroatoms. The van der Waals surface area contributed by atoms with Crippen LogP contribution < -0.4 is 0 Å². The molecule has 0 aliphatic carbocycles. The fraction of sp³-hybridized carbons (Fsp3) is 0.385. The Bertz CT molecular complexity index is 326. The largest absolute Gasteiger partial charge is 0.371 e. The summed E-state index contributed by atoms with van der Waals surface area (Å²) in [6, 6.07) is 10.5. The van der Waals surface area contributed by atoms with E-state index in [9.17, 15) is 0 Å². The Kier molecular flexibility index (Phi) is 2.69. The van der Waals surface area contributed by atoms with Gasteiger partial charge in [-0.25, -0.2) is 0 Å². The zero-order valence-electron chi connectivity index (χ0n) is 8.73. The molecule has 0 saturated carbocycles. The van der Waals surface area contributed by atoms with Crippen molar-refractivity contribution >= 4 is 5.57 Å². The van der Waals surface area contributed by atoms with Crippen molar-refractivity contribution in [3.8, 4) is 0 Å². The van der Waals surface area contributed by atoms with Crippen molar-refractivity contribution in [2.24, 2.45) is 0 Å². The zero-order valence-corrected chi connectivity index (χ0v) is 8.73. The van der Waals surface area contributed by atoms with E-state index < -0.39 is 0 Å². The Hall–Kier alpha value is -1.08. The molecule has 0 bridgehead atoms. The molecule has 0 spiro atoms. The predicted molar refractivity (Wildman–Crippen MR) is 59.0 cm³/mol. The van der Waals surface area contributed by atoms with Gasteiger partial charge in [0.05, 0.1) is 12.2 Å². The molecule has 74 valence electrons. The average molecular weight is 188 g/mol. The summed E-state index contributed by atoms with van der Waals surface area (Å²) < 4.78 is 5.66.